The molecule has 5 heteroatoms. The van der Waals surface area contributed by atoms with Gasteiger partial charge in [-0.05, 0) is 17.7 Å². The van der Waals surface area contributed by atoms with Crippen molar-refractivity contribution in [3.63, 3.8) is 0 Å². The van der Waals surface area contributed by atoms with E-state index in [9.17, 15) is 4.79 Å². The van der Waals surface area contributed by atoms with Crippen LogP contribution in [0.4, 0.5) is 0 Å². The van der Waals surface area contributed by atoms with Crippen molar-refractivity contribution >= 4 is 5.91 Å². The predicted molar refractivity (Wildman–Crippen MR) is 63.7 cm³/mol. The van der Waals surface area contributed by atoms with Gasteiger partial charge in [0.1, 0.15) is 5.75 Å². The summed E-state index contributed by atoms with van der Waals surface area (Å²) < 4.78 is 6.78. The Kier molecular flexibility index (Phi) is 2.82. The second-order valence-electron chi connectivity index (χ2n) is 3.68. The number of benzene rings is 1. The summed E-state index contributed by atoms with van der Waals surface area (Å²) in [4.78, 5) is 11.3. The highest BCUT2D eigenvalue weighted by molar-refractivity contribution is 5.97. The minimum Gasteiger partial charge on any atom is -0.496 e. The minimum atomic E-state index is -0.507. The van der Waals surface area contributed by atoms with Gasteiger partial charge in [-0.1, -0.05) is 6.07 Å². The first-order valence-corrected chi connectivity index (χ1v) is 5.08. The first-order chi connectivity index (χ1) is 8.11. The molecule has 0 saturated heterocycles. The molecule has 0 radical (unpaired) electrons. The molecule has 2 rings (SSSR count). The van der Waals surface area contributed by atoms with Crippen molar-refractivity contribution in [1.29, 1.82) is 0 Å². The first kappa shape index (κ1) is 11.2. The Morgan fingerprint density at radius 2 is 2.18 bits per heavy atom. The van der Waals surface area contributed by atoms with Crippen LogP contribution in [0.3, 0.4) is 0 Å². The third kappa shape index (κ3) is 2.13. The van der Waals surface area contributed by atoms with E-state index in [0.717, 1.165) is 11.1 Å². The Morgan fingerprint density at radius 3 is 2.71 bits per heavy atom. The number of primary amides is 1. The largest absolute Gasteiger partial charge is 0.496 e. The second kappa shape index (κ2) is 4.29. The van der Waals surface area contributed by atoms with Crippen LogP contribution in [0, 0.1) is 0 Å². The molecule has 0 saturated carbocycles. The molecule has 0 bridgehead atoms. The lowest BCUT2D eigenvalue weighted by Gasteiger charge is -2.07. The summed E-state index contributed by atoms with van der Waals surface area (Å²) in [5, 5.41) is 4.08. The Bertz CT molecular complexity index is 561. The van der Waals surface area contributed by atoms with Crippen molar-refractivity contribution in [2.24, 2.45) is 12.8 Å². The van der Waals surface area contributed by atoms with Gasteiger partial charge in [-0.25, -0.2) is 0 Å². The Labute approximate surface area is 98.8 Å². The van der Waals surface area contributed by atoms with Gasteiger partial charge in [-0.3, -0.25) is 9.48 Å². The number of ether oxygens (including phenoxy) is 1. The molecule has 1 aromatic carbocycles. The van der Waals surface area contributed by atoms with Crippen LogP contribution < -0.4 is 10.5 Å². The lowest BCUT2D eigenvalue weighted by Crippen LogP contribution is -2.12. The van der Waals surface area contributed by atoms with E-state index in [-0.39, 0.29) is 0 Å². The van der Waals surface area contributed by atoms with Gasteiger partial charge < -0.3 is 10.5 Å². The number of hydrogen-bond donors (Lipinski definition) is 1. The van der Waals surface area contributed by atoms with E-state index in [1.165, 1.54) is 7.11 Å². The number of carbonyl (C=O) groups is 1. The highest BCUT2D eigenvalue weighted by atomic mass is 16.5. The number of nitrogens with two attached hydrogens (primary N) is 1. The Balaban J connectivity index is 2.50. The lowest BCUT2D eigenvalue weighted by molar-refractivity contribution is 0.0997. The van der Waals surface area contributed by atoms with Gasteiger partial charge in [-0.15, -0.1) is 0 Å². The lowest BCUT2D eigenvalue weighted by atomic mass is 10.1. The molecular weight excluding hydrogens is 218 g/mol. The van der Waals surface area contributed by atoms with Crippen LogP contribution in [0.2, 0.25) is 0 Å². The van der Waals surface area contributed by atoms with E-state index in [4.69, 9.17) is 10.5 Å². The second-order valence-corrected chi connectivity index (χ2v) is 3.68. The Hall–Kier alpha value is -2.30. The summed E-state index contributed by atoms with van der Waals surface area (Å²) in [6.45, 7) is 0. The zero-order valence-electron chi connectivity index (χ0n) is 9.68. The van der Waals surface area contributed by atoms with Gasteiger partial charge in [0.05, 0.1) is 18.9 Å². The number of nitrogens with zero attached hydrogens (tertiary/aromatic N) is 2. The van der Waals surface area contributed by atoms with E-state index < -0.39 is 5.91 Å². The van der Waals surface area contributed by atoms with Crippen molar-refractivity contribution < 1.29 is 9.53 Å². The molecule has 1 amide bonds. The van der Waals surface area contributed by atoms with Gasteiger partial charge in [0.2, 0.25) is 0 Å². The quantitative estimate of drug-likeness (QED) is 0.862. The molecule has 0 atom stereocenters. The van der Waals surface area contributed by atoms with Crippen LogP contribution in [0.25, 0.3) is 11.1 Å². The predicted octanol–water partition coefficient (Wildman–Crippen LogP) is 1.19. The van der Waals surface area contributed by atoms with Gasteiger partial charge >= 0.3 is 0 Å². The molecule has 1 heterocycles. The summed E-state index contributed by atoms with van der Waals surface area (Å²) in [6.07, 6.45) is 3.60. The molecular formula is C12H13N3O2. The van der Waals surface area contributed by atoms with Crippen molar-refractivity contribution in [2.45, 2.75) is 0 Å². The molecule has 0 spiro atoms. The number of rotatable bonds is 3. The fourth-order valence-electron chi connectivity index (χ4n) is 1.65. The van der Waals surface area contributed by atoms with Crippen molar-refractivity contribution in [2.75, 3.05) is 7.11 Å². The maximum Gasteiger partial charge on any atom is 0.252 e. The monoisotopic (exact) mass is 231 g/mol. The van der Waals surface area contributed by atoms with Crippen LogP contribution in [0.5, 0.6) is 5.75 Å². The van der Waals surface area contributed by atoms with Crippen LogP contribution in [-0.2, 0) is 7.05 Å². The molecule has 0 unspecified atom stereocenters. The van der Waals surface area contributed by atoms with Gasteiger partial charge in [0.25, 0.3) is 5.91 Å². The SMILES string of the molecule is COc1ccc(-c2cnn(C)c2)cc1C(N)=O. The number of hydrogen-bond acceptors (Lipinski definition) is 3. The summed E-state index contributed by atoms with van der Waals surface area (Å²) >= 11 is 0. The molecule has 0 aliphatic carbocycles. The van der Waals surface area contributed by atoms with E-state index in [1.54, 1.807) is 23.0 Å². The molecule has 17 heavy (non-hydrogen) atoms. The summed E-state index contributed by atoms with van der Waals surface area (Å²) in [7, 11) is 3.34. The van der Waals surface area contributed by atoms with Crippen LogP contribution in [0.15, 0.2) is 30.6 Å². The molecule has 5 nitrogen and oxygen atoms in total. The van der Waals surface area contributed by atoms with Crippen LogP contribution in [0.1, 0.15) is 10.4 Å². The van der Waals surface area contributed by atoms with Gasteiger partial charge in [0, 0.05) is 18.8 Å². The fourth-order valence-corrected chi connectivity index (χ4v) is 1.65. The highest BCUT2D eigenvalue weighted by Crippen LogP contribution is 2.25. The zero-order valence-corrected chi connectivity index (χ0v) is 9.68. The number of methoxy groups -OCH3 is 1. The Morgan fingerprint density at radius 1 is 1.41 bits per heavy atom. The number of aryl methyl sites for hydroxylation is 1. The van der Waals surface area contributed by atoms with E-state index in [2.05, 4.69) is 5.10 Å². The van der Waals surface area contributed by atoms with Crippen molar-refractivity contribution in [3.05, 3.63) is 36.2 Å². The molecule has 0 aliphatic heterocycles. The van der Waals surface area contributed by atoms with E-state index >= 15 is 0 Å². The number of amides is 1. The minimum absolute atomic E-state index is 0.369. The van der Waals surface area contributed by atoms with Crippen LogP contribution in [-0.4, -0.2) is 22.8 Å². The average Bonchev–Trinajstić information content (AvgIpc) is 2.75. The smallest absolute Gasteiger partial charge is 0.252 e. The van der Waals surface area contributed by atoms with E-state index in [0.29, 0.717) is 11.3 Å². The topological polar surface area (TPSA) is 70.1 Å². The first-order valence-electron chi connectivity index (χ1n) is 5.08. The number of carbonyl (C=O) groups excluding carboxylic acids is 1. The third-order valence-corrected chi connectivity index (χ3v) is 2.50. The molecule has 1 aromatic heterocycles. The molecule has 88 valence electrons. The summed E-state index contributed by atoms with van der Waals surface area (Å²) in [5.41, 5.74) is 7.48. The zero-order chi connectivity index (χ0) is 12.4. The average molecular weight is 231 g/mol. The van der Waals surface area contributed by atoms with Crippen molar-refractivity contribution in [3.8, 4) is 16.9 Å². The van der Waals surface area contributed by atoms with Crippen molar-refractivity contribution in [1.82, 2.24) is 9.78 Å². The third-order valence-electron chi connectivity index (χ3n) is 2.50. The molecule has 0 aliphatic rings. The molecule has 2 N–H and O–H groups in total. The number of aromatic nitrogens is 2. The normalized spacial score (nSPS) is 10.2. The van der Waals surface area contributed by atoms with Gasteiger partial charge in [-0.2, -0.15) is 5.10 Å². The highest BCUT2D eigenvalue weighted by Gasteiger charge is 2.11. The fraction of sp³-hybridized carbons (Fsp3) is 0.167. The van der Waals surface area contributed by atoms with E-state index in [1.807, 2.05) is 19.3 Å². The van der Waals surface area contributed by atoms with Crippen LogP contribution >= 0.6 is 0 Å². The standard InChI is InChI=1S/C12H13N3O2/c1-15-7-9(6-14-15)8-3-4-11(17-2)10(5-8)12(13)16/h3-7H,1-2H3,(H2,13,16). The summed E-state index contributed by atoms with van der Waals surface area (Å²) in [5.74, 6) is -0.0299. The summed E-state index contributed by atoms with van der Waals surface area (Å²) in [6, 6.07) is 5.29. The maximum atomic E-state index is 11.3. The molecule has 0 fully saturated rings. The van der Waals surface area contributed by atoms with Gasteiger partial charge in [0.15, 0.2) is 0 Å². The molecule has 2 aromatic rings. The maximum absolute atomic E-state index is 11.3.